The Labute approximate surface area is 84.1 Å². The van der Waals surface area contributed by atoms with Gasteiger partial charge in [-0.25, -0.2) is 0 Å². The first-order chi connectivity index (χ1) is 6.53. The number of hydrogen-bond acceptors (Lipinski definition) is 4. The molecule has 0 radical (unpaired) electrons. The van der Waals surface area contributed by atoms with Crippen LogP contribution >= 0.6 is 0 Å². The minimum atomic E-state index is -3.42. The van der Waals surface area contributed by atoms with Crippen molar-refractivity contribution in [2.24, 2.45) is 0 Å². The van der Waals surface area contributed by atoms with Gasteiger partial charge in [-0.05, 0) is 18.6 Å². The molecular weight excluding hydrogens is 202 g/mol. The first-order valence-corrected chi connectivity index (χ1v) is 6.13. The lowest BCUT2D eigenvalue weighted by atomic mass is 10.2. The van der Waals surface area contributed by atoms with Crippen LogP contribution in [0.4, 0.5) is 0 Å². The smallest absolute Gasteiger partial charge is 0.261 e. The van der Waals surface area contributed by atoms with Crippen LogP contribution < -0.4 is 0 Å². The van der Waals surface area contributed by atoms with Crippen molar-refractivity contribution in [3.63, 3.8) is 0 Å². The summed E-state index contributed by atoms with van der Waals surface area (Å²) in [6.07, 6.45) is 2.75. The predicted molar refractivity (Wildman–Crippen MR) is 53.2 cm³/mol. The Bertz CT molecular complexity index is 374. The van der Waals surface area contributed by atoms with Gasteiger partial charge in [-0.2, -0.15) is 8.42 Å². The zero-order valence-electron chi connectivity index (χ0n) is 8.17. The summed E-state index contributed by atoms with van der Waals surface area (Å²) in [4.78, 5) is 4.04. The summed E-state index contributed by atoms with van der Waals surface area (Å²) in [6.45, 7) is 1.85. The molecule has 0 bridgehead atoms. The van der Waals surface area contributed by atoms with Gasteiger partial charge in [-0.1, -0.05) is 13.0 Å². The van der Waals surface area contributed by atoms with Crippen molar-refractivity contribution in [1.82, 2.24) is 4.98 Å². The van der Waals surface area contributed by atoms with E-state index in [2.05, 4.69) is 4.98 Å². The van der Waals surface area contributed by atoms with Crippen LogP contribution in [0.25, 0.3) is 0 Å². The predicted octanol–water partition coefficient (Wildman–Crippen LogP) is 1.51. The molecule has 1 unspecified atom stereocenters. The lowest BCUT2D eigenvalue weighted by Crippen LogP contribution is -2.10. The Balaban J connectivity index is 2.84. The van der Waals surface area contributed by atoms with Gasteiger partial charge in [0.2, 0.25) is 0 Å². The maximum atomic E-state index is 10.9. The highest BCUT2D eigenvalue weighted by Gasteiger charge is 2.16. The fraction of sp³-hybridized carbons (Fsp3) is 0.444. The summed E-state index contributed by atoms with van der Waals surface area (Å²) in [5.41, 5.74) is 0.639. The minimum Gasteiger partial charge on any atom is -0.261 e. The largest absolute Gasteiger partial charge is 0.265 e. The van der Waals surface area contributed by atoms with Crippen molar-refractivity contribution in [3.8, 4) is 0 Å². The first kappa shape index (κ1) is 11.1. The van der Waals surface area contributed by atoms with Gasteiger partial charge >= 0.3 is 0 Å². The lowest BCUT2D eigenvalue weighted by molar-refractivity contribution is 0.206. The Hall–Kier alpha value is -0.940. The summed E-state index contributed by atoms with van der Waals surface area (Å²) >= 11 is 0. The van der Waals surface area contributed by atoms with E-state index < -0.39 is 16.2 Å². The molecule has 4 nitrogen and oxygen atoms in total. The molecule has 14 heavy (non-hydrogen) atoms. The number of rotatable bonds is 4. The summed E-state index contributed by atoms with van der Waals surface area (Å²) in [5, 5.41) is 0. The Morgan fingerprint density at radius 1 is 1.50 bits per heavy atom. The highest BCUT2D eigenvalue weighted by atomic mass is 32.2. The highest BCUT2D eigenvalue weighted by Crippen LogP contribution is 2.20. The molecule has 5 heteroatoms. The second kappa shape index (κ2) is 4.52. The molecule has 0 amide bonds. The van der Waals surface area contributed by atoms with E-state index >= 15 is 0 Å². The third-order valence-corrected chi connectivity index (χ3v) is 2.26. The molecule has 0 N–H and O–H groups in total. The fourth-order valence-electron chi connectivity index (χ4n) is 1.10. The third-order valence-electron chi connectivity index (χ3n) is 1.68. The van der Waals surface area contributed by atoms with Crippen molar-refractivity contribution in [2.45, 2.75) is 19.4 Å². The average molecular weight is 215 g/mol. The van der Waals surface area contributed by atoms with Crippen molar-refractivity contribution < 1.29 is 12.6 Å². The lowest BCUT2D eigenvalue weighted by Gasteiger charge is -2.12. The zero-order valence-corrected chi connectivity index (χ0v) is 8.99. The molecule has 0 saturated carbocycles. The zero-order chi connectivity index (χ0) is 10.6. The van der Waals surface area contributed by atoms with Crippen LogP contribution in [0, 0.1) is 0 Å². The SMILES string of the molecule is CCC(OS(C)(=O)=O)c1ccccn1. The third kappa shape index (κ3) is 3.43. The molecule has 0 aliphatic carbocycles. The van der Waals surface area contributed by atoms with E-state index in [0.717, 1.165) is 6.26 Å². The summed E-state index contributed by atoms with van der Waals surface area (Å²) in [7, 11) is -3.42. The Kier molecular flexibility index (Phi) is 3.60. The molecule has 1 aromatic rings. The Morgan fingerprint density at radius 3 is 2.64 bits per heavy atom. The normalized spacial score (nSPS) is 13.9. The van der Waals surface area contributed by atoms with Gasteiger partial charge in [0.15, 0.2) is 0 Å². The Morgan fingerprint density at radius 2 is 2.21 bits per heavy atom. The second-order valence-electron chi connectivity index (χ2n) is 2.95. The molecule has 1 heterocycles. The van der Waals surface area contributed by atoms with Crippen molar-refractivity contribution in [1.29, 1.82) is 0 Å². The molecule has 0 aliphatic rings. The van der Waals surface area contributed by atoms with E-state index in [-0.39, 0.29) is 0 Å². The summed E-state index contributed by atoms with van der Waals surface area (Å²) in [6, 6.07) is 5.33. The van der Waals surface area contributed by atoms with Crippen LogP contribution in [0.2, 0.25) is 0 Å². The van der Waals surface area contributed by atoms with Gasteiger partial charge in [0.25, 0.3) is 10.1 Å². The van der Waals surface area contributed by atoms with Gasteiger partial charge in [0.1, 0.15) is 6.10 Å². The second-order valence-corrected chi connectivity index (χ2v) is 4.55. The molecule has 1 aromatic heterocycles. The maximum Gasteiger partial charge on any atom is 0.265 e. The first-order valence-electron chi connectivity index (χ1n) is 4.32. The molecule has 78 valence electrons. The van der Waals surface area contributed by atoms with E-state index in [0.29, 0.717) is 12.1 Å². The van der Waals surface area contributed by atoms with Crippen LogP contribution in [-0.4, -0.2) is 19.7 Å². The number of aromatic nitrogens is 1. The standard InChI is InChI=1S/C9H13NO3S/c1-3-9(13-14(2,11)12)8-6-4-5-7-10-8/h4-7,9H,3H2,1-2H3. The molecule has 1 atom stereocenters. The van der Waals surface area contributed by atoms with Crippen molar-refractivity contribution in [3.05, 3.63) is 30.1 Å². The van der Waals surface area contributed by atoms with Crippen LogP contribution in [0.15, 0.2) is 24.4 Å². The summed E-state index contributed by atoms with van der Waals surface area (Å²) < 4.78 is 26.7. The van der Waals surface area contributed by atoms with Gasteiger partial charge < -0.3 is 0 Å². The number of nitrogens with zero attached hydrogens (tertiary/aromatic N) is 1. The monoisotopic (exact) mass is 215 g/mol. The van der Waals surface area contributed by atoms with E-state index in [1.807, 2.05) is 6.92 Å². The number of hydrogen-bond donors (Lipinski definition) is 0. The van der Waals surface area contributed by atoms with Crippen LogP contribution in [0.3, 0.4) is 0 Å². The quantitative estimate of drug-likeness (QED) is 0.714. The van der Waals surface area contributed by atoms with E-state index in [1.54, 1.807) is 24.4 Å². The molecule has 0 fully saturated rings. The van der Waals surface area contributed by atoms with Gasteiger partial charge in [-0.15, -0.1) is 0 Å². The molecule has 1 rings (SSSR count). The van der Waals surface area contributed by atoms with E-state index in [4.69, 9.17) is 4.18 Å². The van der Waals surface area contributed by atoms with Gasteiger partial charge in [0.05, 0.1) is 11.9 Å². The maximum absolute atomic E-state index is 10.9. The fourth-order valence-corrected chi connectivity index (χ4v) is 1.76. The molecule has 0 saturated heterocycles. The molecular formula is C9H13NO3S. The van der Waals surface area contributed by atoms with Gasteiger partial charge in [-0.3, -0.25) is 9.17 Å². The highest BCUT2D eigenvalue weighted by molar-refractivity contribution is 7.86. The number of pyridine rings is 1. The van der Waals surface area contributed by atoms with Crippen LogP contribution in [0.1, 0.15) is 25.1 Å². The average Bonchev–Trinajstić information content (AvgIpc) is 2.14. The van der Waals surface area contributed by atoms with Crippen molar-refractivity contribution >= 4 is 10.1 Å². The van der Waals surface area contributed by atoms with Crippen molar-refractivity contribution in [2.75, 3.05) is 6.26 Å². The van der Waals surface area contributed by atoms with Crippen LogP contribution in [-0.2, 0) is 14.3 Å². The topological polar surface area (TPSA) is 56.3 Å². The molecule has 0 aromatic carbocycles. The summed E-state index contributed by atoms with van der Waals surface area (Å²) in [5.74, 6) is 0. The molecule has 0 spiro atoms. The van der Waals surface area contributed by atoms with Crippen LogP contribution in [0.5, 0.6) is 0 Å². The van der Waals surface area contributed by atoms with E-state index in [1.165, 1.54) is 0 Å². The minimum absolute atomic E-state index is 0.480. The molecule has 0 aliphatic heterocycles. The van der Waals surface area contributed by atoms with E-state index in [9.17, 15) is 8.42 Å². The van der Waals surface area contributed by atoms with Gasteiger partial charge in [0, 0.05) is 6.20 Å².